The summed E-state index contributed by atoms with van der Waals surface area (Å²) >= 11 is 0. The van der Waals surface area contributed by atoms with Crippen molar-refractivity contribution in [2.75, 3.05) is 0 Å². The molecule has 2 rings (SSSR count). The van der Waals surface area contributed by atoms with Crippen LogP contribution in [0.1, 0.15) is 32.1 Å². The summed E-state index contributed by atoms with van der Waals surface area (Å²) in [6, 6.07) is 0. The minimum Gasteiger partial charge on any atom is -0.294 e. The highest BCUT2D eigenvalue weighted by molar-refractivity contribution is 5.93. The van der Waals surface area contributed by atoms with Crippen molar-refractivity contribution in [3.8, 4) is 0 Å². The Hall–Kier alpha value is -0.850. The van der Waals surface area contributed by atoms with E-state index in [9.17, 15) is 4.79 Å². The number of ketones is 1. The van der Waals surface area contributed by atoms with Gasteiger partial charge in [-0.15, -0.1) is 0 Å². The molecular weight excluding hydrogens is 136 g/mol. The van der Waals surface area contributed by atoms with Gasteiger partial charge in [0, 0.05) is 6.42 Å². The van der Waals surface area contributed by atoms with Crippen LogP contribution < -0.4 is 0 Å². The van der Waals surface area contributed by atoms with Crippen molar-refractivity contribution in [1.82, 2.24) is 0 Å². The van der Waals surface area contributed by atoms with Crippen molar-refractivity contribution in [1.29, 1.82) is 0 Å². The molecule has 1 heteroatoms. The standard InChI is InChI=1S/C10H12O/c11-10-6-5-8-3-1-2-4-9(8)7-10/h5-6H,1-4,7H2. The van der Waals surface area contributed by atoms with Crippen LogP contribution in [-0.2, 0) is 4.79 Å². The van der Waals surface area contributed by atoms with E-state index in [0.29, 0.717) is 6.42 Å². The van der Waals surface area contributed by atoms with Gasteiger partial charge in [0.2, 0.25) is 0 Å². The molecule has 11 heavy (non-hydrogen) atoms. The van der Waals surface area contributed by atoms with E-state index in [1.807, 2.05) is 6.08 Å². The van der Waals surface area contributed by atoms with Crippen LogP contribution in [0.15, 0.2) is 23.3 Å². The van der Waals surface area contributed by atoms with Gasteiger partial charge in [-0.3, -0.25) is 4.79 Å². The quantitative estimate of drug-likeness (QED) is 0.515. The molecule has 0 aliphatic heterocycles. The summed E-state index contributed by atoms with van der Waals surface area (Å²) in [5, 5.41) is 0. The Bertz CT molecular complexity index is 246. The highest BCUT2D eigenvalue weighted by atomic mass is 16.1. The third-order valence-electron chi connectivity index (χ3n) is 2.49. The van der Waals surface area contributed by atoms with Crippen LogP contribution >= 0.6 is 0 Å². The second-order valence-corrected chi connectivity index (χ2v) is 3.31. The Morgan fingerprint density at radius 2 is 1.91 bits per heavy atom. The van der Waals surface area contributed by atoms with E-state index in [2.05, 4.69) is 0 Å². The molecule has 0 saturated carbocycles. The molecule has 0 spiro atoms. The molecular formula is C10H12O. The predicted octanol–water partition coefficient (Wildman–Crippen LogP) is 2.39. The number of carbonyl (C=O) groups is 1. The third-order valence-corrected chi connectivity index (χ3v) is 2.49. The van der Waals surface area contributed by atoms with Gasteiger partial charge in [-0.2, -0.15) is 0 Å². The van der Waals surface area contributed by atoms with Crippen LogP contribution in [0.5, 0.6) is 0 Å². The second kappa shape index (κ2) is 2.65. The lowest BCUT2D eigenvalue weighted by Crippen LogP contribution is -2.07. The van der Waals surface area contributed by atoms with Crippen molar-refractivity contribution in [3.63, 3.8) is 0 Å². The Labute approximate surface area is 66.8 Å². The summed E-state index contributed by atoms with van der Waals surface area (Å²) in [6.07, 6.45) is 9.37. The van der Waals surface area contributed by atoms with Gasteiger partial charge >= 0.3 is 0 Å². The van der Waals surface area contributed by atoms with Crippen LogP contribution in [0, 0.1) is 0 Å². The number of hydrogen-bond acceptors (Lipinski definition) is 1. The molecule has 0 N–H and O–H groups in total. The van der Waals surface area contributed by atoms with Gasteiger partial charge < -0.3 is 0 Å². The zero-order valence-electron chi connectivity index (χ0n) is 6.60. The summed E-state index contributed by atoms with van der Waals surface area (Å²) < 4.78 is 0. The zero-order valence-corrected chi connectivity index (χ0v) is 6.60. The van der Waals surface area contributed by atoms with E-state index in [4.69, 9.17) is 0 Å². The first-order valence-electron chi connectivity index (χ1n) is 4.28. The highest BCUT2D eigenvalue weighted by Crippen LogP contribution is 2.30. The van der Waals surface area contributed by atoms with Crippen molar-refractivity contribution in [2.24, 2.45) is 0 Å². The SMILES string of the molecule is O=C1C=CC2=C(CCCC2)C1. The molecule has 0 radical (unpaired) electrons. The van der Waals surface area contributed by atoms with Gasteiger partial charge in [0.05, 0.1) is 0 Å². The summed E-state index contributed by atoms with van der Waals surface area (Å²) in [5.41, 5.74) is 2.85. The topological polar surface area (TPSA) is 17.1 Å². The maximum Gasteiger partial charge on any atom is 0.159 e. The van der Waals surface area contributed by atoms with Gasteiger partial charge in [0.15, 0.2) is 5.78 Å². The highest BCUT2D eigenvalue weighted by Gasteiger charge is 2.16. The summed E-state index contributed by atoms with van der Waals surface area (Å²) in [5.74, 6) is 0.283. The monoisotopic (exact) mass is 148 g/mol. The van der Waals surface area contributed by atoms with E-state index in [0.717, 1.165) is 6.42 Å². The van der Waals surface area contributed by atoms with E-state index in [1.165, 1.54) is 30.4 Å². The van der Waals surface area contributed by atoms with Crippen molar-refractivity contribution >= 4 is 5.78 Å². The fourth-order valence-electron chi connectivity index (χ4n) is 1.86. The molecule has 0 aromatic heterocycles. The Kier molecular flexibility index (Phi) is 1.65. The fraction of sp³-hybridized carbons (Fsp3) is 0.500. The first-order valence-corrected chi connectivity index (χ1v) is 4.28. The smallest absolute Gasteiger partial charge is 0.159 e. The van der Waals surface area contributed by atoms with E-state index in [1.54, 1.807) is 6.08 Å². The van der Waals surface area contributed by atoms with Crippen molar-refractivity contribution < 1.29 is 4.79 Å². The molecule has 2 aliphatic carbocycles. The molecule has 0 fully saturated rings. The Balaban J connectivity index is 2.26. The molecule has 0 unspecified atom stereocenters. The molecule has 1 nitrogen and oxygen atoms in total. The maximum atomic E-state index is 11.0. The lowest BCUT2D eigenvalue weighted by molar-refractivity contribution is -0.114. The Morgan fingerprint density at radius 1 is 1.09 bits per heavy atom. The average molecular weight is 148 g/mol. The zero-order chi connectivity index (χ0) is 7.68. The molecule has 0 atom stereocenters. The molecule has 0 heterocycles. The molecule has 0 amide bonds. The lowest BCUT2D eigenvalue weighted by Gasteiger charge is -2.19. The normalized spacial score (nSPS) is 23.8. The van der Waals surface area contributed by atoms with E-state index < -0.39 is 0 Å². The average Bonchev–Trinajstić information content (AvgIpc) is 2.04. The van der Waals surface area contributed by atoms with Crippen LogP contribution in [0.4, 0.5) is 0 Å². The molecule has 2 aliphatic rings. The molecule has 0 saturated heterocycles. The van der Waals surface area contributed by atoms with Crippen LogP contribution in [-0.4, -0.2) is 5.78 Å². The van der Waals surface area contributed by atoms with E-state index in [-0.39, 0.29) is 5.78 Å². The number of carbonyl (C=O) groups excluding carboxylic acids is 1. The fourth-order valence-corrected chi connectivity index (χ4v) is 1.86. The first-order chi connectivity index (χ1) is 5.36. The molecule has 0 bridgehead atoms. The molecule has 0 aromatic rings. The summed E-state index contributed by atoms with van der Waals surface area (Å²) in [6.45, 7) is 0. The minimum absolute atomic E-state index is 0.283. The summed E-state index contributed by atoms with van der Waals surface area (Å²) in [7, 11) is 0. The van der Waals surface area contributed by atoms with Gasteiger partial charge in [-0.1, -0.05) is 11.6 Å². The van der Waals surface area contributed by atoms with Gasteiger partial charge in [0.25, 0.3) is 0 Å². The maximum absolute atomic E-state index is 11.0. The van der Waals surface area contributed by atoms with Crippen LogP contribution in [0.25, 0.3) is 0 Å². The van der Waals surface area contributed by atoms with Crippen LogP contribution in [0.2, 0.25) is 0 Å². The first kappa shape index (κ1) is 6.84. The lowest BCUT2D eigenvalue weighted by atomic mass is 9.85. The summed E-state index contributed by atoms with van der Waals surface area (Å²) in [4.78, 5) is 11.0. The predicted molar refractivity (Wildman–Crippen MR) is 44.3 cm³/mol. The third kappa shape index (κ3) is 1.28. The number of rotatable bonds is 0. The van der Waals surface area contributed by atoms with Gasteiger partial charge in [0.1, 0.15) is 0 Å². The molecule has 58 valence electrons. The van der Waals surface area contributed by atoms with E-state index >= 15 is 0 Å². The number of allylic oxidation sites excluding steroid dienone is 4. The largest absolute Gasteiger partial charge is 0.294 e. The molecule has 0 aromatic carbocycles. The van der Waals surface area contributed by atoms with Gasteiger partial charge in [-0.05, 0) is 37.3 Å². The van der Waals surface area contributed by atoms with Gasteiger partial charge in [-0.25, -0.2) is 0 Å². The van der Waals surface area contributed by atoms with Crippen LogP contribution in [0.3, 0.4) is 0 Å². The Morgan fingerprint density at radius 3 is 2.82 bits per heavy atom. The van der Waals surface area contributed by atoms with Crippen molar-refractivity contribution in [3.05, 3.63) is 23.3 Å². The minimum atomic E-state index is 0.283. The second-order valence-electron chi connectivity index (χ2n) is 3.31. The number of hydrogen-bond donors (Lipinski definition) is 0. The van der Waals surface area contributed by atoms with Crippen molar-refractivity contribution in [2.45, 2.75) is 32.1 Å².